The minimum absolute atomic E-state index is 0.405. The van der Waals surface area contributed by atoms with E-state index in [0.717, 1.165) is 114 Å². The molecule has 0 aliphatic heterocycles. The van der Waals surface area contributed by atoms with Crippen molar-refractivity contribution in [3.8, 4) is 73.1 Å². The van der Waals surface area contributed by atoms with Crippen LogP contribution in [0.4, 0.5) is 5.69 Å². The van der Waals surface area contributed by atoms with Gasteiger partial charge in [-0.1, -0.05) is 243 Å². The molecule has 0 radical (unpaired) electrons. The van der Waals surface area contributed by atoms with E-state index in [1.165, 1.54) is 31.3 Å². The van der Waals surface area contributed by atoms with Crippen molar-refractivity contribution in [1.29, 1.82) is 5.26 Å². The third-order valence-corrected chi connectivity index (χ3v) is 18.7. The summed E-state index contributed by atoms with van der Waals surface area (Å²) in [6.07, 6.45) is 0. The summed E-state index contributed by atoms with van der Waals surface area (Å²) < 4.78 is 9.46. The molecule has 0 saturated carbocycles. The van der Waals surface area contributed by atoms with Crippen LogP contribution in [0.25, 0.3) is 156 Å². The molecule has 0 atom stereocenters. The average molecular weight is 1050 g/mol. The second-order valence-electron chi connectivity index (χ2n) is 20.4. The van der Waals surface area contributed by atoms with Gasteiger partial charge in [0, 0.05) is 63.6 Å². The maximum absolute atomic E-state index is 12.4. The molecule has 0 saturated heterocycles. The molecule has 0 N–H and O–H groups in total. The van der Waals surface area contributed by atoms with Crippen LogP contribution in [-0.4, -0.2) is 9.13 Å². The average Bonchev–Trinajstić information content (AvgIpc) is 4.22. The van der Waals surface area contributed by atoms with Crippen molar-refractivity contribution in [2.75, 3.05) is 0 Å². The van der Waals surface area contributed by atoms with Crippen LogP contribution in [0.3, 0.4) is 0 Å². The number of para-hydroxylation sites is 1. The lowest BCUT2D eigenvalue weighted by Crippen LogP contribution is -2.09. The zero-order chi connectivity index (χ0) is 53.0. The number of hydrogen-bond donors (Lipinski definition) is 0. The normalized spacial score (nSPS) is 11.7. The predicted molar refractivity (Wildman–Crippen MR) is 339 cm³/mol. The first-order valence-corrected chi connectivity index (χ1v) is 28.4. The minimum Gasteiger partial charge on any atom is -0.318 e. The molecule has 16 aromatic rings. The molecule has 0 aliphatic rings. The van der Waals surface area contributed by atoms with Gasteiger partial charge in [-0.2, -0.15) is 5.26 Å². The summed E-state index contributed by atoms with van der Waals surface area (Å²) in [5.74, 6) is 0. The Morgan fingerprint density at radius 2 is 0.762 bits per heavy atom. The highest BCUT2D eigenvalue weighted by Gasteiger charge is 2.33. The Morgan fingerprint density at radius 1 is 0.338 bits per heavy atom. The molecule has 12 aromatic carbocycles. The lowest BCUT2D eigenvalue weighted by atomic mass is 9.88. The SMILES string of the molecule is [C-]#[N+]c1c(-c2ccccc2)c(C#N)c(-n2c3c(ccc4c5cccc(-c6ccccc6)c5sc43)c3ccc4c5cccc(-c6ccccc6)c5sc4c32)c(-c2ccccc2)c1-n1c2ccccc2c2ccc(-c3ccccc3)cc21. The topological polar surface area (TPSA) is 38.0 Å². The fourth-order valence-corrected chi connectivity index (χ4v) is 15.5. The first-order valence-electron chi connectivity index (χ1n) is 26.8. The van der Waals surface area contributed by atoms with E-state index in [2.05, 4.69) is 251 Å². The van der Waals surface area contributed by atoms with Gasteiger partial charge in [0.1, 0.15) is 6.07 Å². The lowest BCUT2D eigenvalue weighted by Gasteiger charge is -2.26. The van der Waals surface area contributed by atoms with Crippen LogP contribution in [-0.2, 0) is 0 Å². The second kappa shape index (κ2) is 18.1. The molecule has 4 aromatic heterocycles. The lowest BCUT2D eigenvalue weighted by molar-refractivity contribution is 1.14. The van der Waals surface area contributed by atoms with Gasteiger partial charge < -0.3 is 9.13 Å². The predicted octanol–water partition coefficient (Wildman–Crippen LogP) is 21.4. The molecule has 370 valence electrons. The van der Waals surface area contributed by atoms with E-state index >= 15 is 0 Å². The van der Waals surface area contributed by atoms with Gasteiger partial charge in [-0.3, -0.25) is 0 Å². The molecule has 0 unspecified atom stereocenters. The summed E-state index contributed by atoms with van der Waals surface area (Å²) in [5, 5.41) is 21.4. The number of thiophene rings is 2. The second-order valence-corrected chi connectivity index (χ2v) is 22.4. The number of fused-ring (bicyclic) bond motifs is 14. The molecular formula is C74H42N4S2. The standard InChI is InChI=1S/C74H42N4S2/c1-76-66-64(48-27-13-5-14-28-48)61(44-75)67(65(49-29-15-6-16-30-49)70(66)77-62-36-18-17-31-53(62)54-38-37-50(43-63(54)77)45-21-7-2-8-22-45)78-68-55(39-41-59-57-34-19-32-51(71(57)79-73(59)68)46-23-9-3-10-24-46)56-40-42-60-58-35-20-33-52(47-25-11-4-12-26-47)72(58)80-74(60)69(56)78/h2-43H. The van der Waals surface area contributed by atoms with Gasteiger partial charge in [0.25, 0.3) is 0 Å². The van der Waals surface area contributed by atoms with Gasteiger partial charge >= 0.3 is 0 Å². The molecule has 4 heterocycles. The molecule has 4 nitrogen and oxygen atoms in total. The van der Waals surface area contributed by atoms with Crippen LogP contribution >= 0.6 is 22.7 Å². The Morgan fingerprint density at radius 3 is 1.29 bits per heavy atom. The van der Waals surface area contributed by atoms with Crippen molar-refractivity contribution in [1.82, 2.24) is 9.13 Å². The Bertz CT molecular complexity index is 5120. The van der Waals surface area contributed by atoms with Crippen LogP contribution < -0.4 is 0 Å². The fourth-order valence-electron chi connectivity index (χ4n) is 12.8. The summed E-state index contributed by atoms with van der Waals surface area (Å²) in [6.45, 7) is 9.53. The van der Waals surface area contributed by atoms with E-state index in [9.17, 15) is 11.8 Å². The number of nitriles is 1. The van der Waals surface area contributed by atoms with E-state index in [4.69, 9.17) is 0 Å². The zero-order valence-corrected chi connectivity index (χ0v) is 44.5. The molecule has 0 bridgehead atoms. The summed E-state index contributed by atoms with van der Waals surface area (Å²) in [6, 6.07) is 93.3. The maximum Gasteiger partial charge on any atom is 0.220 e. The van der Waals surface area contributed by atoms with Gasteiger partial charge in [-0.25, -0.2) is 4.85 Å². The number of rotatable bonds is 7. The molecule has 0 spiro atoms. The monoisotopic (exact) mass is 1050 g/mol. The first kappa shape index (κ1) is 45.8. The summed E-state index contributed by atoms with van der Waals surface area (Å²) in [5.41, 5.74) is 16.2. The van der Waals surface area contributed by atoms with Crippen molar-refractivity contribution in [3.05, 3.63) is 272 Å². The van der Waals surface area contributed by atoms with Gasteiger partial charge in [-0.15, -0.1) is 22.7 Å². The van der Waals surface area contributed by atoms with Gasteiger partial charge in [0.2, 0.25) is 5.69 Å². The summed E-state index contributed by atoms with van der Waals surface area (Å²) in [7, 11) is 0. The van der Waals surface area contributed by atoms with E-state index in [1.807, 2.05) is 46.9 Å². The zero-order valence-electron chi connectivity index (χ0n) is 42.9. The number of aromatic nitrogens is 2. The minimum atomic E-state index is 0.405. The van der Waals surface area contributed by atoms with Crippen LogP contribution in [0.15, 0.2) is 255 Å². The van der Waals surface area contributed by atoms with Crippen molar-refractivity contribution < 1.29 is 0 Å². The molecule has 0 fully saturated rings. The summed E-state index contributed by atoms with van der Waals surface area (Å²) in [4.78, 5) is 4.65. The highest BCUT2D eigenvalue weighted by Crippen LogP contribution is 2.55. The van der Waals surface area contributed by atoms with Gasteiger partial charge in [0.05, 0.1) is 55.0 Å². The van der Waals surface area contributed by atoms with Crippen molar-refractivity contribution in [3.63, 3.8) is 0 Å². The van der Waals surface area contributed by atoms with Crippen LogP contribution in [0, 0.1) is 17.9 Å². The van der Waals surface area contributed by atoms with Gasteiger partial charge in [0.15, 0.2) is 0 Å². The molecule has 0 aliphatic carbocycles. The van der Waals surface area contributed by atoms with E-state index in [1.54, 1.807) is 0 Å². The highest BCUT2D eigenvalue weighted by molar-refractivity contribution is 7.28. The largest absolute Gasteiger partial charge is 0.318 e. The Kier molecular flexibility index (Phi) is 10.4. The van der Waals surface area contributed by atoms with Crippen molar-refractivity contribution in [2.45, 2.75) is 0 Å². The molecule has 6 heteroatoms. The first-order chi connectivity index (χ1) is 39.7. The van der Waals surface area contributed by atoms with Crippen molar-refractivity contribution in [2.24, 2.45) is 0 Å². The third-order valence-electron chi connectivity index (χ3n) is 16.2. The fraction of sp³-hybridized carbons (Fsp3) is 0. The maximum atomic E-state index is 12.4. The smallest absolute Gasteiger partial charge is 0.220 e. The van der Waals surface area contributed by atoms with E-state index in [0.29, 0.717) is 16.8 Å². The highest BCUT2D eigenvalue weighted by atomic mass is 32.1. The van der Waals surface area contributed by atoms with Gasteiger partial charge in [-0.05, 0) is 56.6 Å². The molecule has 0 amide bonds. The Balaban J connectivity index is 1.18. The van der Waals surface area contributed by atoms with E-state index < -0.39 is 0 Å². The third kappa shape index (κ3) is 6.71. The number of hydrogen-bond acceptors (Lipinski definition) is 3. The van der Waals surface area contributed by atoms with Crippen LogP contribution in [0.2, 0.25) is 0 Å². The summed E-state index contributed by atoms with van der Waals surface area (Å²) >= 11 is 3.64. The quantitative estimate of drug-likeness (QED) is 0.147. The van der Waals surface area contributed by atoms with Crippen molar-refractivity contribution >= 4 is 112 Å². The Hall–Kier alpha value is -10.3. The molecule has 16 rings (SSSR count). The number of nitrogens with zero attached hydrogens (tertiary/aromatic N) is 4. The number of benzene rings is 12. The molecular weight excluding hydrogens is 1010 g/mol. The van der Waals surface area contributed by atoms with Crippen LogP contribution in [0.1, 0.15) is 5.56 Å². The van der Waals surface area contributed by atoms with Crippen LogP contribution in [0.5, 0.6) is 0 Å². The van der Waals surface area contributed by atoms with E-state index in [-0.39, 0.29) is 0 Å². The Labute approximate surface area is 468 Å². The molecule has 80 heavy (non-hydrogen) atoms.